The Morgan fingerprint density at radius 2 is 1.95 bits per heavy atom. The lowest BCUT2D eigenvalue weighted by atomic mass is 10.1. The van der Waals surface area contributed by atoms with Crippen LogP contribution in [0.1, 0.15) is 27.7 Å². The maximum absolute atomic E-state index is 12.1. The van der Waals surface area contributed by atoms with E-state index in [0.717, 1.165) is 18.8 Å². The van der Waals surface area contributed by atoms with Crippen LogP contribution in [0.2, 0.25) is 0 Å². The zero-order chi connectivity index (χ0) is 15.3. The second kappa shape index (κ2) is 6.95. The van der Waals surface area contributed by atoms with Crippen LogP contribution < -0.4 is 15.4 Å². The Balaban J connectivity index is 3.20. The van der Waals surface area contributed by atoms with E-state index in [-0.39, 0.29) is 4.90 Å². The van der Waals surface area contributed by atoms with Crippen molar-refractivity contribution < 1.29 is 8.42 Å². The molecule has 0 unspecified atom stereocenters. The van der Waals surface area contributed by atoms with Gasteiger partial charge in [-0.1, -0.05) is 20.8 Å². The minimum Gasteiger partial charge on any atom is -0.397 e. The molecule has 0 bridgehead atoms. The predicted octanol–water partition coefficient (Wildman–Crippen LogP) is 2.05. The van der Waals surface area contributed by atoms with Gasteiger partial charge in [-0.25, -0.2) is 13.1 Å². The van der Waals surface area contributed by atoms with Crippen molar-refractivity contribution in [1.82, 2.24) is 4.72 Å². The van der Waals surface area contributed by atoms with E-state index >= 15 is 0 Å². The quantitative estimate of drug-likeness (QED) is 0.756. The van der Waals surface area contributed by atoms with Crippen molar-refractivity contribution in [3.63, 3.8) is 0 Å². The summed E-state index contributed by atoms with van der Waals surface area (Å²) in [7, 11) is -3.45. The molecule has 6 heteroatoms. The lowest BCUT2D eigenvalue weighted by molar-refractivity contribution is 0.583. The summed E-state index contributed by atoms with van der Waals surface area (Å²) < 4.78 is 26.6. The highest BCUT2D eigenvalue weighted by molar-refractivity contribution is 7.89. The van der Waals surface area contributed by atoms with Crippen LogP contribution in [0, 0.1) is 5.92 Å². The summed E-state index contributed by atoms with van der Waals surface area (Å²) >= 11 is 0. The normalized spacial score (nSPS) is 11.8. The van der Waals surface area contributed by atoms with E-state index < -0.39 is 10.0 Å². The number of benzene rings is 1. The molecule has 0 aliphatic rings. The Hall–Kier alpha value is -1.27. The van der Waals surface area contributed by atoms with Gasteiger partial charge in [0.2, 0.25) is 10.0 Å². The van der Waals surface area contributed by atoms with Crippen LogP contribution in [0.5, 0.6) is 0 Å². The molecular weight excluding hydrogens is 274 g/mol. The Morgan fingerprint density at radius 1 is 1.30 bits per heavy atom. The Labute approximate surface area is 122 Å². The van der Waals surface area contributed by atoms with Gasteiger partial charge in [-0.2, -0.15) is 0 Å². The monoisotopic (exact) mass is 299 g/mol. The predicted molar refractivity (Wildman–Crippen MR) is 84.4 cm³/mol. The highest BCUT2D eigenvalue weighted by Crippen LogP contribution is 2.27. The second-order valence-electron chi connectivity index (χ2n) is 5.15. The molecule has 0 radical (unpaired) electrons. The van der Waals surface area contributed by atoms with Gasteiger partial charge in [-0.05, 0) is 31.0 Å². The minimum absolute atomic E-state index is 0.255. The molecule has 1 aromatic rings. The van der Waals surface area contributed by atoms with Crippen molar-refractivity contribution in [3.8, 4) is 0 Å². The van der Waals surface area contributed by atoms with Crippen LogP contribution in [0.3, 0.4) is 0 Å². The third kappa shape index (κ3) is 4.11. The van der Waals surface area contributed by atoms with Gasteiger partial charge in [0.05, 0.1) is 16.3 Å². The van der Waals surface area contributed by atoms with Crippen LogP contribution in [0.15, 0.2) is 23.1 Å². The van der Waals surface area contributed by atoms with Gasteiger partial charge in [0.15, 0.2) is 0 Å². The average molecular weight is 299 g/mol. The van der Waals surface area contributed by atoms with Gasteiger partial charge in [0.25, 0.3) is 0 Å². The number of nitrogens with two attached hydrogens (primary N) is 1. The van der Waals surface area contributed by atoms with Crippen LogP contribution >= 0.6 is 0 Å². The molecular formula is C14H25N3O2S. The van der Waals surface area contributed by atoms with E-state index in [0.29, 0.717) is 18.2 Å². The van der Waals surface area contributed by atoms with Crippen molar-refractivity contribution in [3.05, 3.63) is 18.2 Å². The molecule has 0 spiro atoms. The first-order valence-corrected chi connectivity index (χ1v) is 8.44. The molecule has 20 heavy (non-hydrogen) atoms. The number of nitrogen functional groups attached to an aromatic ring is 1. The van der Waals surface area contributed by atoms with Gasteiger partial charge >= 0.3 is 0 Å². The Kier molecular flexibility index (Phi) is 5.83. The average Bonchev–Trinajstić information content (AvgIpc) is 2.36. The zero-order valence-electron chi connectivity index (χ0n) is 12.7. The molecule has 0 aromatic heterocycles. The molecule has 0 aliphatic carbocycles. The van der Waals surface area contributed by atoms with Gasteiger partial charge in [-0.3, -0.25) is 0 Å². The summed E-state index contributed by atoms with van der Waals surface area (Å²) in [5.74, 6) is 0.475. The fourth-order valence-electron chi connectivity index (χ4n) is 2.08. The zero-order valence-corrected chi connectivity index (χ0v) is 13.5. The lowest BCUT2D eigenvalue weighted by Crippen LogP contribution is -2.29. The molecule has 0 amide bonds. The van der Waals surface area contributed by atoms with Crippen molar-refractivity contribution in [2.75, 3.05) is 30.3 Å². The number of nitrogens with one attached hydrogen (secondary N) is 1. The van der Waals surface area contributed by atoms with E-state index in [9.17, 15) is 8.42 Å². The summed E-state index contributed by atoms with van der Waals surface area (Å²) in [4.78, 5) is 2.36. The Bertz CT molecular complexity index is 541. The van der Waals surface area contributed by atoms with Crippen LogP contribution in [-0.4, -0.2) is 28.1 Å². The van der Waals surface area contributed by atoms with E-state index in [4.69, 9.17) is 5.73 Å². The molecule has 0 saturated carbocycles. The van der Waals surface area contributed by atoms with E-state index in [1.807, 2.05) is 6.92 Å². The lowest BCUT2D eigenvalue weighted by Gasteiger charge is -2.27. The largest absolute Gasteiger partial charge is 0.397 e. The third-order valence-electron chi connectivity index (χ3n) is 2.95. The van der Waals surface area contributed by atoms with Crippen LogP contribution in [0.25, 0.3) is 0 Å². The summed E-state index contributed by atoms with van der Waals surface area (Å²) in [5, 5.41) is 0. The number of hydrogen-bond donors (Lipinski definition) is 2. The molecule has 0 heterocycles. The number of nitrogens with zero attached hydrogens (tertiary/aromatic N) is 1. The van der Waals surface area contributed by atoms with Crippen molar-refractivity contribution in [2.45, 2.75) is 32.6 Å². The summed E-state index contributed by atoms with van der Waals surface area (Å²) in [6.07, 6.45) is 0. The van der Waals surface area contributed by atoms with Crippen molar-refractivity contribution >= 4 is 21.4 Å². The first-order valence-electron chi connectivity index (χ1n) is 6.96. The second-order valence-corrected chi connectivity index (χ2v) is 6.92. The van der Waals surface area contributed by atoms with Crippen molar-refractivity contribution in [2.24, 2.45) is 5.92 Å². The molecule has 5 nitrogen and oxygen atoms in total. The SMILES string of the molecule is CCNS(=O)(=O)c1ccc(N)c(N(CC)CC(C)C)c1. The standard InChI is InChI=1S/C14H25N3O2S/c1-5-16-20(18,19)12-7-8-13(15)14(9-12)17(6-2)10-11(3)4/h7-9,11,16H,5-6,10,15H2,1-4H3. The third-order valence-corrected chi connectivity index (χ3v) is 4.50. The molecule has 1 rings (SSSR count). The van der Waals surface area contributed by atoms with E-state index in [1.54, 1.807) is 25.1 Å². The fraction of sp³-hybridized carbons (Fsp3) is 0.571. The first kappa shape index (κ1) is 16.8. The number of anilines is 2. The molecule has 114 valence electrons. The molecule has 0 saturated heterocycles. The van der Waals surface area contributed by atoms with E-state index in [2.05, 4.69) is 23.5 Å². The van der Waals surface area contributed by atoms with Crippen LogP contribution in [0.4, 0.5) is 11.4 Å². The maximum atomic E-state index is 12.1. The minimum atomic E-state index is -3.45. The maximum Gasteiger partial charge on any atom is 0.240 e. The smallest absolute Gasteiger partial charge is 0.240 e. The van der Waals surface area contributed by atoms with E-state index in [1.165, 1.54) is 0 Å². The molecule has 0 fully saturated rings. The highest BCUT2D eigenvalue weighted by Gasteiger charge is 2.17. The topological polar surface area (TPSA) is 75.4 Å². The number of rotatable bonds is 7. The van der Waals surface area contributed by atoms with Crippen molar-refractivity contribution in [1.29, 1.82) is 0 Å². The summed E-state index contributed by atoms with van der Waals surface area (Å²) in [5.41, 5.74) is 7.38. The summed E-state index contributed by atoms with van der Waals surface area (Å²) in [6, 6.07) is 4.85. The number of hydrogen-bond acceptors (Lipinski definition) is 4. The fourth-order valence-corrected chi connectivity index (χ4v) is 3.14. The number of sulfonamides is 1. The molecule has 1 aromatic carbocycles. The summed E-state index contributed by atoms with van der Waals surface area (Å²) in [6.45, 7) is 10.0. The molecule has 0 atom stereocenters. The van der Waals surface area contributed by atoms with Gasteiger partial charge in [0.1, 0.15) is 0 Å². The van der Waals surface area contributed by atoms with Gasteiger partial charge < -0.3 is 10.6 Å². The Morgan fingerprint density at radius 3 is 2.45 bits per heavy atom. The van der Waals surface area contributed by atoms with Crippen LogP contribution in [-0.2, 0) is 10.0 Å². The van der Waals surface area contributed by atoms with Gasteiger partial charge in [-0.15, -0.1) is 0 Å². The highest BCUT2D eigenvalue weighted by atomic mass is 32.2. The van der Waals surface area contributed by atoms with Gasteiger partial charge in [0, 0.05) is 19.6 Å². The molecule has 3 N–H and O–H groups in total. The molecule has 0 aliphatic heterocycles. The first-order chi connectivity index (χ1) is 9.31.